The van der Waals surface area contributed by atoms with Crippen molar-refractivity contribution in [1.82, 2.24) is 9.97 Å². The second-order valence-corrected chi connectivity index (χ2v) is 8.67. The zero-order chi connectivity index (χ0) is 24.4. The fraction of sp³-hybridized carbons (Fsp3) is 0.138. The first kappa shape index (κ1) is 22.5. The van der Waals surface area contributed by atoms with Crippen molar-refractivity contribution >= 4 is 16.9 Å². The number of aromatic amines is 2. The highest BCUT2D eigenvalue weighted by Crippen LogP contribution is 2.34. The number of fused-ring (bicyclic) bond motifs is 1. The molecule has 5 rings (SSSR count). The number of carbonyl (C=O) groups is 1. The number of H-pyrrole nitrogens is 2. The molecule has 2 heterocycles. The Morgan fingerprint density at radius 1 is 1.00 bits per heavy atom. The van der Waals surface area contributed by atoms with E-state index >= 15 is 0 Å². The quantitative estimate of drug-likeness (QED) is 0.229. The Hall–Kier alpha value is -4.32. The molecule has 0 fully saturated rings. The summed E-state index contributed by atoms with van der Waals surface area (Å²) in [4.78, 5) is 17.3. The molecule has 6 heteroatoms. The Kier molecular flexibility index (Phi) is 6.10. The lowest BCUT2D eigenvalue weighted by Gasteiger charge is -2.12. The molecular weight excluding hydrogens is 443 g/mol. The first-order chi connectivity index (χ1) is 17.0. The monoisotopic (exact) mass is 468 g/mol. The first-order valence-electron chi connectivity index (χ1n) is 11.5. The van der Waals surface area contributed by atoms with Crippen molar-refractivity contribution in [2.75, 3.05) is 0 Å². The van der Waals surface area contributed by atoms with Crippen LogP contribution in [0.5, 0.6) is 11.5 Å². The number of rotatable bonds is 8. The average Bonchev–Trinajstić information content (AvgIpc) is 3.51. The summed E-state index contributed by atoms with van der Waals surface area (Å²) >= 11 is 0. The van der Waals surface area contributed by atoms with Crippen molar-refractivity contribution in [2.45, 2.75) is 26.2 Å². The van der Waals surface area contributed by atoms with Crippen LogP contribution in [0.2, 0.25) is 0 Å². The summed E-state index contributed by atoms with van der Waals surface area (Å²) in [6.07, 6.45) is 3.13. The van der Waals surface area contributed by atoms with Gasteiger partial charge in [0.2, 0.25) is 0 Å². The van der Waals surface area contributed by atoms with E-state index in [1.807, 2.05) is 67.6 Å². The number of halogens is 1. The van der Waals surface area contributed by atoms with Gasteiger partial charge in [0.1, 0.15) is 5.75 Å². The van der Waals surface area contributed by atoms with Crippen LogP contribution in [-0.2, 0) is 17.6 Å². The number of ether oxygens (including phenoxy) is 1. The van der Waals surface area contributed by atoms with E-state index in [1.54, 1.807) is 6.20 Å². The Labute approximate surface area is 202 Å². The molecule has 2 aromatic heterocycles. The predicted molar refractivity (Wildman–Crippen MR) is 135 cm³/mol. The zero-order valence-corrected chi connectivity index (χ0v) is 19.3. The van der Waals surface area contributed by atoms with Gasteiger partial charge in [-0.05, 0) is 54.8 Å². The van der Waals surface area contributed by atoms with E-state index in [1.165, 1.54) is 6.07 Å². The van der Waals surface area contributed by atoms with E-state index in [9.17, 15) is 9.18 Å². The van der Waals surface area contributed by atoms with Gasteiger partial charge in [-0.3, -0.25) is 4.79 Å². The maximum absolute atomic E-state index is 14.7. The Balaban J connectivity index is 1.34. The van der Waals surface area contributed by atoms with E-state index in [4.69, 9.17) is 9.84 Å². The number of hydrogen-bond acceptors (Lipinski definition) is 2. The second-order valence-electron chi connectivity index (χ2n) is 8.67. The lowest BCUT2D eigenvalue weighted by Crippen LogP contribution is -1.98. The molecule has 5 nitrogen and oxygen atoms in total. The molecule has 0 aliphatic carbocycles. The molecule has 5 aromatic rings. The van der Waals surface area contributed by atoms with Gasteiger partial charge in [0.15, 0.2) is 11.6 Å². The summed E-state index contributed by atoms with van der Waals surface area (Å²) in [6.45, 7) is 1.85. The summed E-state index contributed by atoms with van der Waals surface area (Å²) in [6, 6.07) is 23.0. The van der Waals surface area contributed by atoms with Gasteiger partial charge in [0.25, 0.3) is 0 Å². The van der Waals surface area contributed by atoms with Crippen molar-refractivity contribution in [3.8, 4) is 22.8 Å². The number of carboxylic acids is 1. The molecule has 0 aliphatic rings. The summed E-state index contributed by atoms with van der Waals surface area (Å²) in [5, 5.41) is 9.85. The fourth-order valence-electron chi connectivity index (χ4n) is 4.37. The molecule has 176 valence electrons. The van der Waals surface area contributed by atoms with Gasteiger partial charge in [0, 0.05) is 58.5 Å². The van der Waals surface area contributed by atoms with E-state index in [0.29, 0.717) is 18.6 Å². The van der Waals surface area contributed by atoms with Crippen molar-refractivity contribution < 1.29 is 19.0 Å². The highest BCUT2D eigenvalue weighted by atomic mass is 19.1. The highest BCUT2D eigenvalue weighted by Gasteiger charge is 2.14. The molecule has 3 N–H and O–H groups in total. The first-order valence-corrected chi connectivity index (χ1v) is 11.5. The van der Waals surface area contributed by atoms with Crippen LogP contribution in [0.3, 0.4) is 0 Å². The van der Waals surface area contributed by atoms with Crippen LogP contribution >= 0.6 is 0 Å². The molecule has 0 bridgehead atoms. The Morgan fingerprint density at radius 2 is 1.83 bits per heavy atom. The van der Waals surface area contributed by atoms with E-state index in [0.717, 1.165) is 44.5 Å². The van der Waals surface area contributed by atoms with Crippen LogP contribution in [0.25, 0.3) is 22.2 Å². The Bertz CT molecular complexity index is 1520. The van der Waals surface area contributed by atoms with Gasteiger partial charge in [-0.1, -0.05) is 36.4 Å². The van der Waals surface area contributed by atoms with E-state index in [2.05, 4.69) is 16.0 Å². The van der Waals surface area contributed by atoms with Crippen LogP contribution in [0.15, 0.2) is 79.0 Å². The molecule has 0 aliphatic heterocycles. The van der Waals surface area contributed by atoms with Crippen molar-refractivity contribution in [3.63, 3.8) is 0 Å². The molecule has 35 heavy (non-hydrogen) atoms. The van der Waals surface area contributed by atoms with Crippen LogP contribution in [0, 0.1) is 12.7 Å². The minimum absolute atomic E-state index is 0.122. The van der Waals surface area contributed by atoms with Gasteiger partial charge in [-0.15, -0.1) is 0 Å². The molecule has 0 saturated carbocycles. The van der Waals surface area contributed by atoms with Gasteiger partial charge < -0.3 is 19.8 Å². The molecular formula is C29H25FN2O3. The fourth-order valence-corrected chi connectivity index (χ4v) is 4.37. The van der Waals surface area contributed by atoms with Gasteiger partial charge in [-0.25, -0.2) is 4.39 Å². The largest absolute Gasteiger partial charge is 0.481 e. The van der Waals surface area contributed by atoms with E-state index in [-0.39, 0.29) is 12.2 Å². The third kappa shape index (κ3) is 4.96. The number of nitrogens with one attached hydrogen (secondary N) is 2. The van der Waals surface area contributed by atoms with Crippen molar-refractivity contribution in [1.29, 1.82) is 0 Å². The number of aromatic nitrogens is 2. The molecule has 3 aromatic carbocycles. The zero-order valence-electron chi connectivity index (χ0n) is 19.3. The normalized spacial score (nSPS) is 11.1. The maximum Gasteiger partial charge on any atom is 0.303 e. The number of aryl methyl sites for hydroxylation is 2. The lowest BCUT2D eigenvalue weighted by molar-refractivity contribution is -0.136. The highest BCUT2D eigenvalue weighted by molar-refractivity contribution is 5.85. The summed E-state index contributed by atoms with van der Waals surface area (Å²) in [7, 11) is 0. The van der Waals surface area contributed by atoms with Crippen LogP contribution in [0.4, 0.5) is 4.39 Å². The third-order valence-corrected chi connectivity index (χ3v) is 6.14. The van der Waals surface area contributed by atoms with Gasteiger partial charge in [-0.2, -0.15) is 0 Å². The lowest BCUT2D eigenvalue weighted by atomic mass is 10.0. The Morgan fingerprint density at radius 3 is 2.69 bits per heavy atom. The standard InChI is InChI=1S/C29H25FN2O3/c1-18-24-12-13-31-27(24)17-25(30)29(18)35-23-7-3-6-21(16-23)26-10-9-22(32-26)15-20-5-2-4-19(14-20)8-11-28(33)34/h2-7,9-10,12-14,16-17,31-32H,8,11,15H2,1H3,(H,33,34). The van der Waals surface area contributed by atoms with Gasteiger partial charge in [0.05, 0.1) is 0 Å². The summed E-state index contributed by atoms with van der Waals surface area (Å²) in [5.74, 6) is -0.417. The summed E-state index contributed by atoms with van der Waals surface area (Å²) < 4.78 is 20.7. The topological polar surface area (TPSA) is 78.1 Å². The third-order valence-electron chi connectivity index (χ3n) is 6.14. The number of hydrogen-bond donors (Lipinski definition) is 3. The second kappa shape index (κ2) is 9.50. The molecule has 0 unspecified atom stereocenters. The van der Waals surface area contributed by atoms with Crippen LogP contribution in [0.1, 0.15) is 28.8 Å². The number of carboxylic acid groups (broad SMARTS) is 1. The van der Waals surface area contributed by atoms with E-state index < -0.39 is 11.8 Å². The van der Waals surface area contributed by atoms with Gasteiger partial charge >= 0.3 is 5.97 Å². The van der Waals surface area contributed by atoms with Crippen molar-refractivity contribution in [2.24, 2.45) is 0 Å². The summed E-state index contributed by atoms with van der Waals surface area (Å²) in [5.41, 5.74) is 6.54. The van der Waals surface area contributed by atoms with Crippen LogP contribution < -0.4 is 4.74 Å². The average molecular weight is 469 g/mol. The smallest absolute Gasteiger partial charge is 0.303 e. The molecule has 0 amide bonds. The minimum Gasteiger partial charge on any atom is -0.481 e. The molecule has 0 saturated heterocycles. The molecule has 0 spiro atoms. The molecule has 0 atom stereocenters. The SMILES string of the molecule is Cc1c(Oc2cccc(-c3ccc(Cc4cccc(CCC(=O)O)c4)[nH]3)c2)c(F)cc2[nH]ccc12. The van der Waals surface area contributed by atoms with Crippen molar-refractivity contribution in [3.05, 3.63) is 107 Å². The predicted octanol–water partition coefficient (Wildman–Crippen LogP) is 7.01. The number of benzene rings is 3. The minimum atomic E-state index is -0.793. The molecule has 0 radical (unpaired) electrons. The number of aliphatic carboxylic acids is 1. The maximum atomic E-state index is 14.7. The van der Waals surface area contributed by atoms with Crippen LogP contribution in [-0.4, -0.2) is 21.0 Å².